The van der Waals surface area contributed by atoms with Gasteiger partial charge in [0.25, 0.3) is 0 Å². The van der Waals surface area contributed by atoms with Crippen molar-refractivity contribution in [3.63, 3.8) is 0 Å². The van der Waals surface area contributed by atoms with Crippen molar-refractivity contribution in [2.75, 3.05) is 0 Å². The van der Waals surface area contributed by atoms with Crippen LogP contribution in [0.3, 0.4) is 0 Å². The fraction of sp³-hybridized carbons (Fsp3) is 0.938. The maximum atomic E-state index is 6.28. The van der Waals surface area contributed by atoms with Gasteiger partial charge in [-0.2, -0.15) is 0 Å². The number of aliphatic imine (C=N–C) groups is 1. The zero-order chi connectivity index (χ0) is 12.8. The van der Waals surface area contributed by atoms with E-state index in [-0.39, 0.29) is 0 Å². The largest absolute Gasteiger partial charge is 0.387 e. The van der Waals surface area contributed by atoms with Crippen LogP contribution in [-0.4, -0.2) is 11.9 Å². The van der Waals surface area contributed by atoms with E-state index in [2.05, 4.69) is 6.92 Å². The molecule has 2 rings (SSSR count). The minimum Gasteiger partial charge on any atom is -0.387 e. The molecule has 0 heterocycles. The Morgan fingerprint density at radius 2 is 1.56 bits per heavy atom. The molecule has 2 fully saturated rings. The highest BCUT2D eigenvalue weighted by Crippen LogP contribution is 2.30. The zero-order valence-corrected chi connectivity index (χ0v) is 12.0. The highest BCUT2D eigenvalue weighted by atomic mass is 14.9. The first-order chi connectivity index (χ1) is 8.81. The molecule has 18 heavy (non-hydrogen) atoms. The topological polar surface area (TPSA) is 38.4 Å². The third-order valence-electron chi connectivity index (χ3n) is 4.95. The lowest BCUT2D eigenvalue weighted by atomic mass is 9.82. The van der Waals surface area contributed by atoms with E-state index in [0.29, 0.717) is 12.0 Å². The second kappa shape index (κ2) is 7.16. The molecule has 2 saturated carbocycles. The van der Waals surface area contributed by atoms with Crippen LogP contribution in [0.2, 0.25) is 0 Å². The summed E-state index contributed by atoms with van der Waals surface area (Å²) in [4.78, 5) is 4.94. The first kappa shape index (κ1) is 13.9. The van der Waals surface area contributed by atoms with E-state index >= 15 is 0 Å². The molecule has 2 aliphatic carbocycles. The fourth-order valence-corrected chi connectivity index (χ4v) is 3.74. The SMILES string of the molecule is CCC(N=C(N)C1CCCCC1)C1CCCCC1. The molecule has 0 aliphatic heterocycles. The van der Waals surface area contributed by atoms with Crippen LogP contribution in [0.1, 0.15) is 77.6 Å². The van der Waals surface area contributed by atoms with E-state index in [9.17, 15) is 0 Å². The number of hydrogen-bond donors (Lipinski definition) is 1. The van der Waals surface area contributed by atoms with Crippen LogP contribution in [-0.2, 0) is 0 Å². The molecule has 0 bridgehead atoms. The van der Waals surface area contributed by atoms with Gasteiger partial charge in [0.05, 0.1) is 11.9 Å². The average molecular weight is 250 g/mol. The normalized spacial score (nSPS) is 26.2. The molecule has 104 valence electrons. The molecule has 0 spiro atoms. The Labute approximate surface area is 112 Å². The van der Waals surface area contributed by atoms with Crippen LogP contribution < -0.4 is 5.73 Å². The van der Waals surface area contributed by atoms with Gasteiger partial charge in [0.2, 0.25) is 0 Å². The van der Waals surface area contributed by atoms with Crippen LogP contribution in [0, 0.1) is 11.8 Å². The number of nitrogens with two attached hydrogens (primary N) is 1. The van der Waals surface area contributed by atoms with Crippen molar-refractivity contribution in [1.29, 1.82) is 0 Å². The van der Waals surface area contributed by atoms with Crippen molar-refractivity contribution in [3.8, 4) is 0 Å². The number of rotatable bonds is 4. The van der Waals surface area contributed by atoms with E-state index in [4.69, 9.17) is 10.7 Å². The van der Waals surface area contributed by atoms with Crippen molar-refractivity contribution >= 4 is 5.84 Å². The van der Waals surface area contributed by atoms with Gasteiger partial charge in [-0.3, -0.25) is 4.99 Å². The van der Waals surface area contributed by atoms with E-state index in [1.54, 1.807) is 0 Å². The van der Waals surface area contributed by atoms with Gasteiger partial charge in [-0.15, -0.1) is 0 Å². The van der Waals surface area contributed by atoms with Gasteiger partial charge in [0.15, 0.2) is 0 Å². The second-order valence-corrected chi connectivity index (χ2v) is 6.26. The highest BCUT2D eigenvalue weighted by molar-refractivity contribution is 5.83. The van der Waals surface area contributed by atoms with Crippen LogP contribution in [0.4, 0.5) is 0 Å². The Kier molecular flexibility index (Phi) is 5.52. The summed E-state index contributed by atoms with van der Waals surface area (Å²) in [5, 5.41) is 0. The lowest BCUT2D eigenvalue weighted by Gasteiger charge is -2.29. The molecular weight excluding hydrogens is 220 g/mol. The zero-order valence-electron chi connectivity index (χ0n) is 12.0. The summed E-state index contributed by atoms with van der Waals surface area (Å²) < 4.78 is 0. The van der Waals surface area contributed by atoms with E-state index in [1.165, 1.54) is 64.2 Å². The molecule has 2 N–H and O–H groups in total. The molecule has 0 saturated heterocycles. The summed E-state index contributed by atoms with van der Waals surface area (Å²) >= 11 is 0. The minimum absolute atomic E-state index is 0.507. The number of amidine groups is 1. The maximum absolute atomic E-state index is 6.28. The molecule has 2 heteroatoms. The van der Waals surface area contributed by atoms with E-state index in [0.717, 1.165) is 18.2 Å². The van der Waals surface area contributed by atoms with Gasteiger partial charge in [-0.1, -0.05) is 45.4 Å². The Hall–Kier alpha value is -0.530. The summed E-state index contributed by atoms with van der Waals surface area (Å²) in [6, 6.07) is 0.507. The lowest BCUT2D eigenvalue weighted by Crippen LogP contribution is -2.30. The fourth-order valence-electron chi connectivity index (χ4n) is 3.74. The van der Waals surface area contributed by atoms with Gasteiger partial charge < -0.3 is 5.73 Å². The van der Waals surface area contributed by atoms with Crippen LogP contribution in [0.25, 0.3) is 0 Å². The Bertz CT molecular complexity index is 260. The number of nitrogens with zero attached hydrogens (tertiary/aromatic N) is 1. The van der Waals surface area contributed by atoms with Gasteiger partial charge in [-0.05, 0) is 38.0 Å². The summed E-state index contributed by atoms with van der Waals surface area (Å²) in [6.07, 6.45) is 14.8. The van der Waals surface area contributed by atoms with Crippen LogP contribution in [0.5, 0.6) is 0 Å². The third-order valence-corrected chi connectivity index (χ3v) is 4.95. The second-order valence-electron chi connectivity index (χ2n) is 6.26. The van der Waals surface area contributed by atoms with Crippen molar-refractivity contribution in [1.82, 2.24) is 0 Å². The van der Waals surface area contributed by atoms with Gasteiger partial charge in [0, 0.05) is 5.92 Å². The van der Waals surface area contributed by atoms with Crippen molar-refractivity contribution in [2.45, 2.75) is 83.6 Å². The summed E-state index contributed by atoms with van der Waals surface area (Å²) in [5.74, 6) is 2.38. The molecule has 0 aromatic carbocycles. The molecule has 0 aromatic heterocycles. The minimum atomic E-state index is 0.507. The Morgan fingerprint density at radius 3 is 2.11 bits per heavy atom. The van der Waals surface area contributed by atoms with Crippen molar-refractivity contribution in [3.05, 3.63) is 0 Å². The molecule has 2 aliphatic rings. The average Bonchev–Trinajstić information content (AvgIpc) is 2.46. The molecule has 1 unspecified atom stereocenters. The molecular formula is C16H30N2. The molecule has 0 aromatic rings. The molecule has 1 atom stereocenters. The highest BCUT2D eigenvalue weighted by Gasteiger charge is 2.24. The van der Waals surface area contributed by atoms with Gasteiger partial charge in [0.1, 0.15) is 0 Å². The summed E-state index contributed by atoms with van der Waals surface area (Å²) in [5.41, 5.74) is 6.28. The predicted octanol–water partition coefficient (Wildman–Crippen LogP) is 4.28. The Morgan fingerprint density at radius 1 is 1.00 bits per heavy atom. The number of hydrogen-bond acceptors (Lipinski definition) is 1. The first-order valence-corrected chi connectivity index (χ1v) is 8.14. The Balaban J connectivity index is 1.93. The van der Waals surface area contributed by atoms with Crippen molar-refractivity contribution < 1.29 is 0 Å². The predicted molar refractivity (Wildman–Crippen MR) is 78.9 cm³/mol. The smallest absolute Gasteiger partial charge is 0.0971 e. The van der Waals surface area contributed by atoms with Crippen LogP contribution >= 0.6 is 0 Å². The summed E-state index contributed by atoms with van der Waals surface area (Å²) in [6.45, 7) is 2.27. The third kappa shape index (κ3) is 3.73. The van der Waals surface area contributed by atoms with Gasteiger partial charge >= 0.3 is 0 Å². The monoisotopic (exact) mass is 250 g/mol. The summed E-state index contributed by atoms with van der Waals surface area (Å²) in [7, 11) is 0. The lowest BCUT2D eigenvalue weighted by molar-refractivity contribution is 0.299. The van der Waals surface area contributed by atoms with Crippen molar-refractivity contribution in [2.24, 2.45) is 22.6 Å². The maximum Gasteiger partial charge on any atom is 0.0971 e. The first-order valence-electron chi connectivity index (χ1n) is 8.14. The standard InChI is InChI=1S/C16H30N2/c1-2-15(13-9-5-3-6-10-13)18-16(17)14-11-7-4-8-12-14/h13-15H,2-12H2,1H3,(H2,17,18). The molecule has 0 radical (unpaired) electrons. The van der Waals surface area contributed by atoms with E-state index in [1.807, 2.05) is 0 Å². The molecule has 0 amide bonds. The van der Waals surface area contributed by atoms with Gasteiger partial charge in [-0.25, -0.2) is 0 Å². The quantitative estimate of drug-likeness (QED) is 0.587. The van der Waals surface area contributed by atoms with Crippen LogP contribution in [0.15, 0.2) is 4.99 Å². The van der Waals surface area contributed by atoms with E-state index < -0.39 is 0 Å². The molecule has 2 nitrogen and oxygen atoms in total.